The predicted octanol–water partition coefficient (Wildman–Crippen LogP) is 20.8. The van der Waals surface area contributed by atoms with Crippen LogP contribution in [0.15, 0.2) is 60.8 Å². The first kappa shape index (κ1) is 68.1. The summed E-state index contributed by atoms with van der Waals surface area (Å²) >= 11 is 0. The Hall–Kier alpha value is -2.89. The number of hydrogen-bond acceptors (Lipinski definition) is 6. The van der Waals surface area contributed by atoms with Gasteiger partial charge in [0.05, 0.1) is 0 Å². The van der Waals surface area contributed by atoms with E-state index in [1.807, 2.05) is 0 Å². The van der Waals surface area contributed by atoms with Crippen molar-refractivity contribution in [2.75, 3.05) is 13.2 Å². The van der Waals surface area contributed by atoms with Crippen LogP contribution in [-0.4, -0.2) is 37.2 Å². The van der Waals surface area contributed by atoms with E-state index in [4.69, 9.17) is 14.2 Å². The maximum atomic E-state index is 12.9. The van der Waals surface area contributed by atoms with Gasteiger partial charge in [0.15, 0.2) is 6.10 Å². The van der Waals surface area contributed by atoms with Crippen LogP contribution in [-0.2, 0) is 28.6 Å². The molecular formula is C65H116O6. The summed E-state index contributed by atoms with van der Waals surface area (Å²) in [6.07, 6.45) is 75.1. The highest BCUT2D eigenvalue weighted by molar-refractivity contribution is 5.71. The van der Waals surface area contributed by atoms with Crippen LogP contribution in [0.3, 0.4) is 0 Å². The Bertz CT molecular complexity index is 1280. The van der Waals surface area contributed by atoms with Crippen molar-refractivity contribution in [3.05, 3.63) is 60.8 Å². The summed E-state index contributed by atoms with van der Waals surface area (Å²) in [4.78, 5) is 38.2. The minimum Gasteiger partial charge on any atom is -0.462 e. The summed E-state index contributed by atoms with van der Waals surface area (Å²) in [5.41, 5.74) is 0. The summed E-state index contributed by atoms with van der Waals surface area (Å²) in [6, 6.07) is 0. The lowest BCUT2D eigenvalue weighted by molar-refractivity contribution is -0.167. The van der Waals surface area contributed by atoms with Crippen molar-refractivity contribution in [3.63, 3.8) is 0 Å². The molecule has 0 saturated carbocycles. The van der Waals surface area contributed by atoms with Gasteiger partial charge in [0.1, 0.15) is 13.2 Å². The number of rotatable bonds is 56. The largest absolute Gasteiger partial charge is 0.462 e. The molecule has 0 aliphatic carbocycles. The van der Waals surface area contributed by atoms with Gasteiger partial charge in [-0.2, -0.15) is 0 Å². The number of hydrogen-bond donors (Lipinski definition) is 0. The van der Waals surface area contributed by atoms with E-state index in [0.29, 0.717) is 19.3 Å². The summed E-state index contributed by atoms with van der Waals surface area (Å²) in [6.45, 7) is 6.53. The molecule has 0 spiro atoms. The average Bonchev–Trinajstić information content (AvgIpc) is 3.37. The van der Waals surface area contributed by atoms with Crippen LogP contribution in [0.25, 0.3) is 0 Å². The number of esters is 3. The van der Waals surface area contributed by atoms with Crippen molar-refractivity contribution < 1.29 is 28.6 Å². The van der Waals surface area contributed by atoms with Gasteiger partial charge >= 0.3 is 17.9 Å². The lowest BCUT2D eigenvalue weighted by atomic mass is 10.0. The zero-order valence-electron chi connectivity index (χ0n) is 47.2. The van der Waals surface area contributed by atoms with Crippen LogP contribution in [0.5, 0.6) is 0 Å². The summed E-state index contributed by atoms with van der Waals surface area (Å²) in [7, 11) is 0. The van der Waals surface area contributed by atoms with Gasteiger partial charge in [-0.3, -0.25) is 14.4 Å². The molecule has 6 nitrogen and oxygen atoms in total. The molecule has 412 valence electrons. The van der Waals surface area contributed by atoms with Gasteiger partial charge in [0.2, 0.25) is 0 Å². The third-order valence-corrected chi connectivity index (χ3v) is 13.5. The second-order valence-corrected chi connectivity index (χ2v) is 20.6. The topological polar surface area (TPSA) is 78.9 Å². The van der Waals surface area contributed by atoms with E-state index in [1.165, 1.54) is 193 Å². The molecule has 0 radical (unpaired) electrons. The standard InChI is InChI=1S/C65H116O6/c1-4-7-10-13-16-19-22-25-28-30-32-33-35-37-40-43-46-49-52-55-58-64(67)70-61-62(60-69-63(66)57-54-51-48-45-42-39-36-27-24-21-18-15-12-9-6-3)71-65(68)59-56-53-50-47-44-41-38-34-31-29-26-23-20-17-14-11-8-5-2/h9,12,18,21,27,29,31,36,42,45,62H,4-8,10-11,13-17,19-20,22-26,28,30,32-35,37-41,43-44,46-61H2,1-3H3/b12-9-,21-18-,31-29-,36-27-,45-42-. The molecule has 0 heterocycles. The molecule has 0 N–H and O–H groups in total. The van der Waals surface area contributed by atoms with Crippen molar-refractivity contribution in [3.8, 4) is 0 Å². The fourth-order valence-corrected chi connectivity index (χ4v) is 8.90. The van der Waals surface area contributed by atoms with Gasteiger partial charge in [-0.05, 0) is 83.5 Å². The number of carbonyl (C=O) groups is 3. The molecule has 71 heavy (non-hydrogen) atoms. The van der Waals surface area contributed by atoms with Crippen molar-refractivity contribution >= 4 is 17.9 Å². The molecule has 0 aromatic rings. The highest BCUT2D eigenvalue weighted by Gasteiger charge is 2.19. The Labute approximate surface area is 440 Å². The minimum atomic E-state index is -0.792. The number of unbranched alkanes of at least 4 members (excludes halogenated alkanes) is 35. The first-order chi connectivity index (χ1) is 35.0. The van der Waals surface area contributed by atoms with Gasteiger partial charge in [-0.1, -0.05) is 274 Å². The smallest absolute Gasteiger partial charge is 0.306 e. The van der Waals surface area contributed by atoms with Crippen LogP contribution in [0.4, 0.5) is 0 Å². The van der Waals surface area contributed by atoms with Gasteiger partial charge in [-0.25, -0.2) is 0 Å². The first-order valence-electron chi connectivity index (χ1n) is 30.8. The van der Waals surface area contributed by atoms with E-state index in [0.717, 1.165) is 83.5 Å². The van der Waals surface area contributed by atoms with Gasteiger partial charge < -0.3 is 14.2 Å². The quantitative estimate of drug-likeness (QED) is 0.0261. The molecule has 6 heteroatoms. The molecule has 0 aliphatic heterocycles. The van der Waals surface area contributed by atoms with Crippen molar-refractivity contribution in [2.24, 2.45) is 0 Å². The lowest BCUT2D eigenvalue weighted by Crippen LogP contribution is -2.30. The molecule has 0 fully saturated rings. The van der Waals surface area contributed by atoms with E-state index in [-0.39, 0.29) is 31.1 Å². The fourth-order valence-electron chi connectivity index (χ4n) is 8.90. The van der Waals surface area contributed by atoms with Crippen LogP contribution < -0.4 is 0 Å². The second kappa shape index (κ2) is 59.7. The highest BCUT2D eigenvalue weighted by atomic mass is 16.6. The molecule has 0 amide bonds. The molecule has 0 aliphatic rings. The average molecular weight is 994 g/mol. The SMILES string of the molecule is CC/C=C\C/C=C\C/C=C\C/C=C\CCCCC(=O)OCC(COC(=O)CCCCCCCCCCCCCCCCCCCCCC)OC(=O)CCCCCCCCC/C=C\CCCCCCCCC. The molecule has 0 saturated heterocycles. The molecule has 1 unspecified atom stereocenters. The van der Waals surface area contributed by atoms with E-state index in [1.54, 1.807) is 0 Å². The molecule has 1 atom stereocenters. The van der Waals surface area contributed by atoms with Crippen LogP contribution in [0.1, 0.15) is 316 Å². The number of allylic oxidation sites excluding steroid dienone is 10. The normalized spacial score (nSPS) is 12.4. The van der Waals surface area contributed by atoms with Crippen molar-refractivity contribution in [1.29, 1.82) is 0 Å². The third-order valence-electron chi connectivity index (χ3n) is 13.5. The summed E-state index contributed by atoms with van der Waals surface area (Å²) in [5.74, 6) is -0.918. The van der Waals surface area contributed by atoms with E-state index < -0.39 is 6.10 Å². The Kier molecular flexibility index (Phi) is 57.2. The van der Waals surface area contributed by atoms with Crippen LogP contribution in [0, 0.1) is 0 Å². The lowest BCUT2D eigenvalue weighted by Gasteiger charge is -2.18. The minimum absolute atomic E-state index is 0.0861. The number of ether oxygens (including phenoxy) is 3. The molecule has 0 rings (SSSR count). The summed E-state index contributed by atoms with van der Waals surface area (Å²) in [5, 5.41) is 0. The molecular weight excluding hydrogens is 877 g/mol. The van der Waals surface area contributed by atoms with Gasteiger partial charge in [-0.15, -0.1) is 0 Å². The summed E-state index contributed by atoms with van der Waals surface area (Å²) < 4.78 is 16.9. The van der Waals surface area contributed by atoms with E-state index >= 15 is 0 Å². The maximum absolute atomic E-state index is 12.9. The number of carbonyl (C=O) groups excluding carboxylic acids is 3. The Morgan fingerprint density at radius 3 is 0.901 bits per heavy atom. The zero-order chi connectivity index (χ0) is 51.4. The Morgan fingerprint density at radius 1 is 0.296 bits per heavy atom. The molecule has 0 aromatic carbocycles. The zero-order valence-corrected chi connectivity index (χ0v) is 47.2. The second-order valence-electron chi connectivity index (χ2n) is 20.6. The molecule has 0 bridgehead atoms. The van der Waals surface area contributed by atoms with Gasteiger partial charge in [0.25, 0.3) is 0 Å². The van der Waals surface area contributed by atoms with Crippen LogP contribution >= 0.6 is 0 Å². The highest BCUT2D eigenvalue weighted by Crippen LogP contribution is 2.17. The van der Waals surface area contributed by atoms with Crippen LogP contribution in [0.2, 0.25) is 0 Å². The van der Waals surface area contributed by atoms with Crippen molar-refractivity contribution in [1.82, 2.24) is 0 Å². The molecule has 0 aromatic heterocycles. The van der Waals surface area contributed by atoms with E-state index in [9.17, 15) is 14.4 Å². The predicted molar refractivity (Wildman–Crippen MR) is 307 cm³/mol. The van der Waals surface area contributed by atoms with Crippen molar-refractivity contribution in [2.45, 2.75) is 322 Å². The first-order valence-corrected chi connectivity index (χ1v) is 30.8. The maximum Gasteiger partial charge on any atom is 0.306 e. The monoisotopic (exact) mass is 993 g/mol. The van der Waals surface area contributed by atoms with E-state index in [2.05, 4.69) is 81.5 Å². The fraction of sp³-hybridized carbons (Fsp3) is 0.800. The Morgan fingerprint density at radius 2 is 0.549 bits per heavy atom. The third kappa shape index (κ3) is 57.9. The van der Waals surface area contributed by atoms with Gasteiger partial charge in [0, 0.05) is 19.3 Å². The Balaban J connectivity index is 4.38.